The van der Waals surface area contributed by atoms with E-state index in [1.807, 2.05) is 5.40 Å². The Morgan fingerprint density at radius 3 is 2.32 bits per heavy atom. The number of carbonyl (C=O) groups excluding carboxylic acids is 1. The van der Waals surface area contributed by atoms with Crippen molar-refractivity contribution in [3.8, 4) is 5.40 Å². The molecule has 94 valence electrons. The van der Waals surface area contributed by atoms with Crippen molar-refractivity contribution in [3.05, 3.63) is 59.9 Å². The Balaban J connectivity index is 2.06. The molecule has 0 atom stereocenters. The van der Waals surface area contributed by atoms with E-state index in [1.165, 1.54) is 24.3 Å². The molecule has 5 heteroatoms. The predicted octanol–water partition coefficient (Wildman–Crippen LogP) is 3.65. The van der Waals surface area contributed by atoms with Crippen LogP contribution in [0.4, 0.5) is 10.1 Å². The molecule has 2 aromatic carbocycles. The van der Waals surface area contributed by atoms with Crippen LogP contribution in [0, 0.1) is 16.5 Å². The number of carbonyl (C=O) groups is 1. The number of halogens is 1. The number of nitrogens with one attached hydrogen (secondary N) is 1. The molecule has 0 aliphatic carbocycles. The van der Waals surface area contributed by atoms with Crippen LogP contribution in [0.25, 0.3) is 0 Å². The summed E-state index contributed by atoms with van der Waals surface area (Å²) < 4.78 is 12.7. The third kappa shape index (κ3) is 3.57. The van der Waals surface area contributed by atoms with Gasteiger partial charge < -0.3 is 5.32 Å². The fourth-order valence-corrected chi connectivity index (χ4v) is 1.84. The van der Waals surface area contributed by atoms with Crippen LogP contribution in [0.5, 0.6) is 0 Å². The fraction of sp³-hybridized carbons (Fsp3) is 0. The zero-order chi connectivity index (χ0) is 13.7. The highest BCUT2D eigenvalue weighted by molar-refractivity contribution is 8.03. The SMILES string of the molecule is N#CSc1ccc(NC(=O)c2ccc(F)cc2)cc1. The Bertz CT molecular complexity index is 617. The molecular formula is C14H9FN2OS. The highest BCUT2D eigenvalue weighted by Crippen LogP contribution is 2.19. The van der Waals surface area contributed by atoms with Gasteiger partial charge >= 0.3 is 0 Å². The highest BCUT2D eigenvalue weighted by Gasteiger charge is 2.06. The van der Waals surface area contributed by atoms with E-state index in [9.17, 15) is 9.18 Å². The van der Waals surface area contributed by atoms with Gasteiger partial charge in [-0.3, -0.25) is 4.79 Å². The zero-order valence-electron chi connectivity index (χ0n) is 9.76. The minimum absolute atomic E-state index is 0.305. The standard InChI is InChI=1S/C14H9FN2OS/c15-11-3-1-10(2-4-11)14(18)17-12-5-7-13(8-6-12)19-9-16/h1-8H,(H,17,18). The Labute approximate surface area is 114 Å². The van der Waals surface area contributed by atoms with Gasteiger partial charge in [-0.15, -0.1) is 0 Å². The van der Waals surface area contributed by atoms with Gasteiger partial charge in [0.15, 0.2) is 0 Å². The van der Waals surface area contributed by atoms with Crippen LogP contribution in [-0.2, 0) is 0 Å². The molecule has 0 saturated heterocycles. The third-order valence-corrected chi connectivity index (χ3v) is 2.98. The Hall–Kier alpha value is -2.32. The lowest BCUT2D eigenvalue weighted by Gasteiger charge is -2.05. The first-order valence-corrected chi connectivity index (χ1v) is 6.23. The van der Waals surface area contributed by atoms with Gasteiger partial charge in [0, 0.05) is 16.1 Å². The molecule has 0 fully saturated rings. The van der Waals surface area contributed by atoms with Crippen LogP contribution in [-0.4, -0.2) is 5.91 Å². The lowest BCUT2D eigenvalue weighted by Crippen LogP contribution is -2.11. The van der Waals surface area contributed by atoms with Gasteiger partial charge in [-0.25, -0.2) is 4.39 Å². The van der Waals surface area contributed by atoms with Gasteiger partial charge in [0.1, 0.15) is 11.2 Å². The summed E-state index contributed by atoms with van der Waals surface area (Å²) in [6.45, 7) is 0. The van der Waals surface area contributed by atoms with Crippen molar-refractivity contribution in [2.24, 2.45) is 0 Å². The van der Waals surface area contributed by atoms with E-state index in [0.29, 0.717) is 11.3 Å². The van der Waals surface area contributed by atoms with Gasteiger partial charge in [0.25, 0.3) is 5.91 Å². The summed E-state index contributed by atoms with van der Waals surface area (Å²) in [5.41, 5.74) is 1.01. The molecular weight excluding hydrogens is 263 g/mol. The number of nitrogens with zero attached hydrogens (tertiary/aromatic N) is 1. The van der Waals surface area contributed by atoms with E-state index in [0.717, 1.165) is 16.7 Å². The van der Waals surface area contributed by atoms with Crippen molar-refractivity contribution in [2.45, 2.75) is 4.90 Å². The molecule has 3 nitrogen and oxygen atoms in total. The summed E-state index contributed by atoms with van der Waals surface area (Å²) in [7, 11) is 0. The van der Waals surface area contributed by atoms with Crippen molar-refractivity contribution in [2.75, 3.05) is 5.32 Å². The molecule has 19 heavy (non-hydrogen) atoms. The Kier molecular flexibility index (Phi) is 4.16. The highest BCUT2D eigenvalue weighted by atomic mass is 32.2. The fourth-order valence-electron chi connectivity index (χ4n) is 1.46. The van der Waals surface area contributed by atoms with Crippen molar-refractivity contribution in [3.63, 3.8) is 0 Å². The van der Waals surface area contributed by atoms with E-state index < -0.39 is 0 Å². The number of nitriles is 1. The van der Waals surface area contributed by atoms with Gasteiger partial charge in [-0.05, 0) is 60.3 Å². The average Bonchev–Trinajstić information content (AvgIpc) is 2.42. The molecule has 2 aromatic rings. The summed E-state index contributed by atoms with van der Waals surface area (Å²) in [6.07, 6.45) is 0. The topological polar surface area (TPSA) is 52.9 Å². The normalized spacial score (nSPS) is 9.68. The number of benzene rings is 2. The molecule has 0 unspecified atom stereocenters. The van der Waals surface area contributed by atoms with Gasteiger partial charge in [-0.2, -0.15) is 5.26 Å². The van der Waals surface area contributed by atoms with Gasteiger partial charge in [0.05, 0.1) is 0 Å². The number of rotatable bonds is 3. The third-order valence-electron chi connectivity index (χ3n) is 2.38. The molecule has 0 aliphatic heterocycles. The van der Waals surface area contributed by atoms with Gasteiger partial charge in [-0.1, -0.05) is 0 Å². The zero-order valence-corrected chi connectivity index (χ0v) is 10.6. The molecule has 0 aromatic heterocycles. The van der Waals surface area contributed by atoms with E-state index >= 15 is 0 Å². The molecule has 1 N–H and O–H groups in total. The monoisotopic (exact) mass is 272 g/mol. The molecule has 0 bridgehead atoms. The summed E-state index contributed by atoms with van der Waals surface area (Å²) >= 11 is 1.05. The maximum absolute atomic E-state index is 12.7. The lowest BCUT2D eigenvalue weighted by atomic mass is 10.2. The molecule has 0 aliphatic rings. The molecule has 2 rings (SSSR count). The maximum Gasteiger partial charge on any atom is 0.255 e. The maximum atomic E-state index is 12.7. The van der Waals surface area contributed by atoms with E-state index in [4.69, 9.17) is 5.26 Å². The predicted molar refractivity (Wildman–Crippen MR) is 72.3 cm³/mol. The van der Waals surface area contributed by atoms with Crippen molar-refractivity contribution in [1.82, 2.24) is 0 Å². The van der Waals surface area contributed by atoms with E-state index in [2.05, 4.69) is 5.32 Å². The number of hydrogen-bond donors (Lipinski definition) is 1. The first-order valence-electron chi connectivity index (χ1n) is 5.42. The first-order chi connectivity index (χ1) is 9.19. The summed E-state index contributed by atoms with van der Waals surface area (Å²) in [4.78, 5) is 12.7. The van der Waals surface area contributed by atoms with Crippen LogP contribution < -0.4 is 5.32 Å². The largest absolute Gasteiger partial charge is 0.322 e. The van der Waals surface area contributed by atoms with Crippen LogP contribution in [0.2, 0.25) is 0 Å². The van der Waals surface area contributed by atoms with Crippen LogP contribution in [0.3, 0.4) is 0 Å². The molecule has 0 heterocycles. The number of anilines is 1. The minimum Gasteiger partial charge on any atom is -0.322 e. The second kappa shape index (κ2) is 6.03. The van der Waals surface area contributed by atoms with Crippen LogP contribution in [0.1, 0.15) is 10.4 Å². The Morgan fingerprint density at radius 1 is 1.11 bits per heavy atom. The molecule has 0 spiro atoms. The summed E-state index contributed by atoms with van der Waals surface area (Å²) in [5, 5.41) is 13.2. The Morgan fingerprint density at radius 2 is 1.74 bits per heavy atom. The average molecular weight is 272 g/mol. The van der Waals surface area contributed by atoms with Crippen molar-refractivity contribution < 1.29 is 9.18 Å². The lowest BCUT2D eigenvalue weighted by molar-refractivity contribution is 0.102. The number of hydrogen-bond acceptors (Lipinski definition) is 3. The number of thioether (sulfide) groups is 1. The van der Waals surface area contributed by atoms with Crippen LogP contribution >= 0.6 is 11.8 Å². The second-order valence-electron chi connectivity index (χ2n) is 3.68. The van der Waals surface area contributed by atoms with Crippen molar-refractivity contribution in [1.29, 1.82) is 5.26 Å². The van der Waals surface area contributed by atoms with Gasteiger partial charge in [0.2, 0.25) is 0 Å². The molecule has 0 saturated carbocycles. The summed E-state index contributed by atoms with van der Waals surface area (Å²) in [5.74, 6) is -0.685. The molecule has 0 radical (unpaired) electrons. The number of amides is 1. The van der Waals surface area contributed by atoms with E-state index in [-0.39, 0.29) is 11.7 Å². The molecule has 1 amide bonds. The second-order valence-corrected chi connectivity index (χ2v) is 4.54. The van der Waals surface area contributed by atoms with Crippen LogP contribution in [0.15, 0.2) is 53.4 Å². The van der Waals surface area contributed by atoms with E-state index in [1.54, 1.807) is 24.3 Å². The quantitative estimate of drug-likeness (QED) is 0.685. The number of thiocyanates is 1. The minimum atomic E-state index is -0.380. The smallest absolute Gasteiger partial charge is 0.255 e. The summed E-state index contributed by atoms with van der Waals surface area (Å²) in [6, 6.07) is 12.2. The first kappa shape index (κ1) is 13.1. The van der Waals surface area contributed by atoms with Crippen molar-refractivity contribution >= 4 is 23.4 Å².